The molecular weight excluding hydrogens is 352 g/mol. The fourth-order valence-electron chi connectivity index (χ4n) is 5.55. The molecule has 0 N–H and O–H groups in total. The maximum atomic E-state index is 4.07. The van der Waals surface area contributed by atoms with Crippen LogP contribution < -0.4 is 0 Å². The summed E-state index contributed by atoms with van der Waals surface area (Å²) in [5, 5.41) is 1.67. The molecule has 2 aliphatic carbocycles. The van der Waals surface area contributed by atoms with Gasteiger partial charge in [0, 0.05) is 11.5 Å². The fourth-order valence-corrected chi connectivity index (χ4v) is 9.64. The Morgan fingerprint density at radius 2 is 1.32 bits per heavy atom. The summed E-state index contributed by atoms with van der Waals surface area (Å²) in [6, 6.07) is 27.0. The molecule has 1 unspecified atom stereocenters. The van der Waals surface area contributed by atoms with Crippen molar-refractivity contribution in [2.24, 2.45) is 0 Å². The van der Waals surface area contributed by atoms with Gasteiger partial charge in [-0.15, -0.1) is 6.58 Å². The molecule has 0 saturated carbocycles. The molecule has 0 aliphatic heterocycles. The van der Waals surface area contributed by atoms with Crippen LogP contribution in [0.5, 0.6) is 0 Å². The fraction of sp³-hybridized carbons (Fsp3) is 0.185. The third-order valence-corrected chi connectivity index (χ3v) is 10.8. The van der Waals surface area contributed by atoms with E-state index in [9.17, 15) is 0 Å². The zero-order valence-electron chi connectivity index (χ0n) is 16.7. The van der Waals surface area contributed by atoms with E-state index in [4.69, 9.17) is 0 Å². The molecule has 0 bridgehead atoms. The van der Waals surface area contributed by atoms with Crippen molar-refractivity contribution in [2.45, 2.75) is 31.0 Å². The van der Waals surface area contributed by atoms with Gasteiger partial charge in [-0.05, 0) is 39.8 Å². The van der Waals surface area contributed by atoms with Crippen molar-refractivity contribution in [1.82, 2.24) is 0 Å². The second-order valence-electron chi connectivity index (χ2n) is 8.63. The Bertz CT molecular complexity index is 1060. The minimum atomic E-state index is -1.82. The van der Waals surface area contributed by atoms with Gasteiger partial charge in [-0.3, -0.25) is 0 Å². The van der Waals surface area contributed by atoms with Crippen LogP contribution in [0.3, 0.4) is 0 Å². The van der Waals surface area contributed by atoms with E-state index >= 15 is 0 Å². The second-order valence-corrected chi connectivity index (χ2v) is 13.2. The summed E-state index contributed by atoms with van der Waals surface area (Å²) in [6.07, 6.45) is 5.64. The van der Waals surface area contributed by atoms with Crippen molar-refractivity contribution in [3.8, 4) is 11.1 Å². The Balaban J connectivity index is 1.68. The summed E-state index contributed by atoms with van der Waals surface area (Å²) >= 11 is 0. The van der Waals surface area contributed by atoms with E-state index < -0.39 is 8.07 Å². The van der Waals surface area contributed by atoms with Crippen LogP contribution in [0.15, 0.2) is 90.6 Å². The van der Waals surface area contributed by atoms with Gasteiger partial charge in [0.15, 0.2) is 0 Å². The molecule has 0 radical (unpaired) electrons. The lowest BCUT2D eigenvalue weighted by Crippen LogP contribution is -2.39. The van der Waals surface area contributed by atoms with Crippen molar-refractivity contribution in [3.63, 3.8) is 0 Å². The van der Waals surface area contributed by atoms with Gasteiger partial charge in [-0.25, -0.2) is 0 Å². The SMILES string of the molecule is C=CCC1C([Si](C)(C)C2c3ccccc3-c3ccccc32)=Cc2ccccc21. The van der Waals surface area contributed by atoms with Crippen LogP contribution in [0.2, 0.25) is 13.1 Å². The van der Waals surface area contributed by atoms with Crippen molar-refractivity contribution in [1.29, 1.82) is 0 Å². The van der Waals surface area contributed by atoms with Gasteiger partial charge in [0.25, 0.3) is 0 Å². The molecule has 138 valence electrons. The van der Waals surface area contributed by atoms with E-state index in [0.717, 1.165) is 6.42 Å². The van der Waals surface area contributed by atoms with E-state index in [2.05, 4.69) is 105 Å². The molecule has 3 aromatic rings. The smallest absolute Gasteiger partial charge is 0.0885 e. The van der Waals surface area contributed by atoms with E-state index in [-0.39, 0.29) is 0 Å². The first-order valence-corrected chi connectivity index (χ1v) is 13.3. The lowest BCUT2D eigenvalue weighted by Gasteiger charge is -2.36. The predicted molar refractivity (Wildman–Crippen MR) is 123 cm³/mol. The number of rotatable bonds is 4. The first-order chi connectivity index (χ1) is 13.6. The molecule has 0 spiro atoms. The number of hydrogen-bond acceptors (Lipinski definition) is 0. The monoisotopic (exact) mass is 378 g/mol. The summed E-state index contributed by atoms with van der Waals surface area (Å²) in [7, 11) is -1.82. The molecule has 0 amide bonds. The molecule has 2 aliphatic rings. The standard InChI is InChI=1S/C27H26Si/c1-4-11-23-20-13-6-5-12-19(20)18-26(23)28(2,3)27-24-16-9-7-14-21(24)22-15-8-10-17-25(22)27/h4-10,12-18,23,27H,1,11H2,2-3H3. The average Bonchev–Trinajstić information content (AvgIpc) is 3.25. The van der Waals surface area contributed by atoms with Crippen LogP contribution in [-0.2, 0) is 0 Å². The van der Waals surface area contributed by atoms with E-state index in [1.165, 1.54) is 33.4 Å². The highest BCUT2D eigenvalue weighted by Gasteiger charge is 2.46. The lowest BCUT2D eigenvalue weighted by atomic mass is 9.97. The summed E-state index contributed by atoms with van der Waals surface area (Å²) in [5.41, 5.74) is 9.30. The molecule has 0 heterocycles. The first kappa shape index (κ1) is 17.5. The maximum absolute atomic E-state index is 4.07. The Kier molecular flexibility index (Phi) is 4.03. The summed E-state index contributed by atoms with van der Waals surface area (Å²) in [6.45, 7) is 9.22. The largest absolute Gasteiger partial charge is 0.103 e. The van der Waals surface area contributed by atoms with Crippen molar-refractivity contribution < 1.29 is 0 Å². The van der Waals surface area contributed by atoms with Crippen molar-refractivity contribution in [2.75, 3.05) is 0 Å². The Morgan fingerprint density at radius 1 is 0.786 bits per heavy atom. The molecule has 0 nitrogen and oxygen atoms in total. The number of benzene rings is 3. The minimum Gasteiger partial charge on any atom is -0.103 e. The van der Waals surface area contributed by atoms with Crippen LogP contribution in [-0.4, -0.2) is 8.07 Å². The van der Waals surface area contributed by atoms with Crippen LogP contribution >= 0.6 is 0 Å². The van der Waals surface area contributed by atoms with Crippen LogP contribution in [0.25, 0.3) is 17.2 Å². The van der Waals surface area contributed by atoms with Crippen molar-refractivity contribution in [3.05, 3.63) is 113 Å². The topological polar surface area (TPSA) is 0 Å². The Labute approximate surface area is 169 Å². The van der Waals surface area contributed by atoms with Crippen LogP contribution in [0, 0.1) is 0 Å². The van der Waals surface area contributed by atoms with Crippen LogP contribution in [0.4, 0.5) is 0 Å². The quantitative estimate of drug-likeness (QED) is 0.329. The molecule has 3 aromatic carbocycles. The summed E-state index contributed by atoms with van der Waals surface area (Å²) < 4.78 is 0. The van der Waals surface area contributed by atoms with Gasteiger partial charge in [0.05, 0.1) is 8.07 Å². The van der Waals surface area contributed by atoms with E-state index in [0.29, 0.717) is 11.5 Å². The zero-order valence-corrected chi connectivity index (χ0v) is 17.7. The predicted octanol–water partition coefficient (Wildman–Crippen LogP) is 7.34. The Morgan fingerprint density at radius 3 is 1.93 bits per heavy atom. The molecule has 1 atom stereocenters. The van der Waals surface area contributed by atoms with Crippen molar-refractivity contribution >= 4 is 14.1 Å². The average molecular weight is 379 g/mol. The third kappa shape index (κ3) is 2.43. The maximum Gasteiger partial charge on any atom is 0.0885 e. The third-order valence-electron chi connectivity index (χ3n) is 6.76. The number of allylic oxidation sites excluding steroid dienone is 2. The normalized spacial score (nSPS) is 17.6. The van der Waals surface area contributed by atoms with Gasteiger partial charge in [0.1, 0.15) is 0 Å². The molecule has 1 heteroatoms. The van der Waals surface area contributed by atoms with Crippen LogP contribution in [0.1, 0.15) is 40.1 Å². The lowest BCUT2D eigenvalue weighted by molar-refractivity contribution is 0.851. The Hall–Kier alpha value is -2.64. The minimum absolute atomic E-state index is 0.482. The van der Waals surface area contributed by atoms with Gasteiger partial charge in [0.2, 0.25) is 0 Å². The van der Waals surface area contributed by atoms with Gasteiger partial charge in [-0.1, -0.05) is 103 Å². The van der Waals surface area contributed by atoms with E-state index in [1.807, 2.05) is 0 Å². The molecule has 0 fully saturated rings. The van der Waals surface area contributed by atoms with Gasteiger partial charge in [-0.2, -0.15) is 0 Å². The van der Waals surface area contributed by atoms with Gasteiger partial charge >= 0.3 is 0 Å². The highest BCUT2D eigenvalue weighted by atomic mass is 28.3. The molecule has 28 heavy (non-hydrogen) atoms. The molecular formula is C27H26Si. The number of hydrogen-bond donors (Lipinski definition) is 0. The summed E-state index contributed by atoms with van der Waals surface area (Å²) in [4.78, 5) is 0. The highest BCUT2D eigenvalue weighted by Crippen LogP contribution is 2.54. The molecule has 0 saturated heterocycles. The summed E-state index contributed by atoms with van der Waals surface area (Å²) in [5.74, 6) is 0.482. The molecule has 5 rings (SSSR count). The zero-order chi connectivity index (χ0) is 19.3. The van der Waals surface area contributed by atoms with E-state index in [1.54, 1.807) is 5.20 Å². The highest BCUT2D eigenvalue weighted by molar-refractivity contribution is 6.87. The van der Waals surface area contributed by atoms with Gasteiger partial charge < -0.3 is 0 Å². The number of fused-ring (bicyclic) bond motifs is 4. The second kappa shape index (κ2) is 6.46. The first-order valence-electron chi connectivity index (χ1n) is 10.2. The molecule has 0 aromatic heterocycles.